The van der Waals surface area contributed by atoms with E-state index in [0.717, 1.165) is 25.5 Å². The monoisotopic (exact) mass is 326 g/mol. The topological polar surface area (TPSA) is 66.0 Å². The molecule has 7 heteroatoms. The average molecular weight is 326 g/mol. The van der Waals surface area contributed by atoms with E-state index in [-0.39, 0.29) is 12.5 Å². The zero-order valence-corrected chi connectivity index (χ0v) is 14.4. The molecule has 2 N–H and O–H groups in total. The quantitative estimate of drug-likeness (QED) is 0.403. The average Bonchev–Trinajstić information content (AvgIpc) is 3.02. The van der Waals surface area contributed by atoms with Crippen LogP contribution in [-0.2, 0) is 16.0 Å². The molecule has 1 heterocycles. The van der Waals surface area contributed by atoms with Gasteiger partial charge in [-0.15, -0.1) is 11.3 Å². The van der Waals surface area contributed by atoms with Crippen molar-refractivity contribution in [3.05, 3.63) is 22.4 Å². The summed E-state index contributed by atoms with van der Waals surface area (Å²) in [6.07, 6.45) is 0.971. The third-order valence-electron chi connectivity index (χ3n) is 2.97. The molecule has 0 unspecified atom stereocenters. The lowest BCUT2D eigenvalue weighted by molar-refractivity contribution is -0.119. The molecule has 0 atom stereocenters. The van der Waals surface area contributed by atoms with Crippen LogP contribution in [-0.4, -0.2) is 63.7 Å². The van der Waals surface area contributed by atoms with Gasteiger partial charge in [0, 0.05) is 38.7 Å². The first kappa shape index (κ1) is 18.4. The number of methoxy groups -OCH3 is 1. The van der Waals surface area contributed by atoms with E-state index in [4.69, 9.17) is 4.74 Å². The fourth-order valence-electron chi connectivity index (χ4n) is 1.80. The first-order valence-electron chi connectivity index (χ1n) is 7.44. The summed E-state index contributed by atoms with van der Waals surface area (Å²) < 4.78 is 4.89. The Morgan fingerprint density at radius 3 is 2.91 bits per heavy atom. The smallest absolute Gasteiger partial charge is 0.241 e. The van der Waals surface area contributed by atoms with Crippen LogP contribution in [0.15, 0.2) is 22.5 Å². The summed E-state index contributed by atoms with van der Waals surface area (Å²) in [5, 5.41) is 8.05. The van der Waals surface area contributed by atoms with Crippen LogP contribution in [0.4, 0.5) is 0 Å². The maximum Gasteiger partial charge on any atom is 0.241 e. The van der Waals surface area contributed by atoms with Crippen molar-refractivity contribution in [2.75, 3.05) is 46.9 Å². The largest absolute Gasteiger partial charge is 0.383 e. The number of ether oxygens (including phenoxy) is 1. The molecule has 0 aliphatic carbocycles. The summed E-state index contributed by atoms with van der Waals surface area (Å²) >= 11 is 1.76. The summed E-state index contributed by atoms with van der Waals surface area (Å²) in [5.74, 6) is 0.653. The van der Waals surface area contributed by atoms with Gasteiger partial charge in [-0.25, -0.2) is 4.99 Å². The van der Waals surface area contributed by atoms with E-state index < -0.39 is 0 Å². The van der Waals surface area contributed by atoms with Gasteiger partial charge in [-0.05, 0) is 24.8 Å². The number of carbonyl (C=O) groups is 1. The van der Waals surface area contributed by atoms with E-state index in [1.807, 2.05) is 18.9 Å². The van der Waals surface area contributed by atoms with Gasteiger partial charge in [0.25, 0.3) is 0 Å². The van der Waals surface area contributed by atoms with Crippen molar-refractivity contribution in [3.8, 4) is 0 Å². The number of thiophene rings is 1. The molecule has 22 heavy (non-hydrogen) atoms. The zero-order valence-electron chi connectivity index (χ0n) is 13.6. The molecule has 0 aliphatic rings. The van der Waals surface area contributed by atoms with E-state index in [1.165, 1.54) is 4.88 Å². The predicted octanol–water partition coefficient (Wildman–Crippen LogP) is 0.951. The normalized spacial score (nSPS) is 11.3. The number of aliphatic imine (C=N–C) groups is 1. The van der Waals surface area contributed by atoms with Crippen LogP contribution in [0, 0.1) is 0 Å². The van der Waals surface area contributed by atoms with Gasteiger partial charge >= 0.3 is 0 Å². The predicted molar refractivity (Wildman–Crippen MR) is 91.5 cm³/mol. The van der Waals surface area contributed by atoms with Crippen LogP contribution in [0.1, 0.15) is 11.8 Å². The molecule has 0 saturated heterocycles. The van der Waals surface area contributed by atoms with E-state index >= 15 is 0 Å². The second-order valence-electron chi connectivity index (χ2n) is 4.76. The lowest BCUT2D eigenvalue weighted by atomic mass is 10.3. The number of amides is 1. The van der Waals surface area contributed by atoms with Gasteiger partial charge in [0.15, 0.2) is 5.96 Å². The number of guanidine groups is 1. The number of likely N-dealkylation sites (N-methyl/N-ethyl adjacent to an activating group) is 1. The Kier molecular flexibility index (Phi) is 9.25. The summed E-state index contributed by atoms with van der Waals surface area (Å²) in [7, 11) is 3.59. The number of carbonyl (C=O) groups excluding carboxylic acids is 1. The van der Waals surface area contributed by atoms with Gasteiger partial charge in [0.2, 0.25) is 5.91 Å². The number of hydrogen-bond donors (Lipinski definition) is 2. The Morgan fingerprint density at radius 1 is 1.45 bits per heavy atom. The van der Waals surface area contributed by atoms with Gasteiger partial charge in [0.05, 0.1) is 6.61 Å². The van der Waals surface area contributed by atoms with Gasteiger partial charge in [-0.3, -0.25) is 4.79 Å². The Hall–Kier alpha value is -1.60. The Balaban J connectivity index is 2.44. The molecule has 0 bridgehead atoms. The van der Waals surface area contributed by atoms with Gasteiger partial charge < -0.3 is 20.3 Å². The van der Waals surface area contributed by atoms with E-state index in [1.54, 1.807) is 18.4 Å². The molecular formula is C15H26N4O2S. The highest BCUT2D eigenvalue weighted by Crippen LogP contribution is 2.09. The van der Waals surface area contributed by atoms with Crippen LogP contribution < -0.4 is 10.6 Å². The lowest BCUT2D eigenvalue weighted by Crippen LogP contribution is -2.41. The van der Waals surface area contributed by atoms with Crippen molar-refractivity contribution in [2.24, 2.45) is 4.99 Å². The molecule has 0 spiro atoms. The first-order valence-corrected chi connectivity index (χ1v) is 8.32. The molecule has 0 aliphatic heterocycles. The lowest BCUT2D eigenvalue weighted by Gasteiger charge is -2.21. The highest BCUT2D eigenvalue weighted by atomic mass is 32.1. The van der Waals surface area contributed by atoms with Crippen LogP contribution in [0.5, 0.6) is 0 Å². The minimum absolute atomic E-state index is 0.0980. The van der Waals surface area contributed by atoms with Crippen LogP contribution >= 0.6 is 11.3 Å². The maximum atomic E-state index is 11.7. The van der Waals surface area contributed by atoms with Crippen molar-refractivity contribution in [1.82, 2.24) is 15.5 Å². The molecule has 0 radical (unpaired) electrons. The second-order valence-corrected chi connectivity index (χ2v) is 5.80. The van der Waals surface area contributed by atoms with Crippen molar-refractivity contribution < 1.29 is 9.53 Å². The third kappa shape index (κ3) is 7.42. The standard InChI is InChI=1S/C15H26N4O2S/c1-4-16-15(18-12-14(20)17-8-10-21-3)19(2)9-7-13-6-5-11-22-13/h5-6,11H,4,7-10,12H2,1-3H3,(H,16,18)(H,17,20). The maximum absolute atomic E-state index is 11.7. The molecule has 0 aromatic carbocycles. The van der Waals surface area contributed by atoms with Gasteiger partial charge in [-0.1, -0.05) is 6.07 Å². The summed E-state index contributed by atoms with van der Waals surface area (Å²) in [5.41, 5.74) is 0. The molecule has 1 aromatic rings. The molecule has 6 nitrogen and oxygen atoms in total. The van der Waals surface area contributed by atoms with E-state index in [2.05, 4.69) is 33.1 Å². The molecular weight excluding hydrogens is 300 g/mol. The first-order chi connectivity index (χ1) is 10.7. The highest BCUT2D eigenvalue weighted by Gasteiger charge is 2.07. The fraction of sp³-hybridized carbons (Fsp3) is 0.600. The molecule has 1 amide bonds. The number of hydrogen-bond acceptors (Lipinski definition) is 4. The molecule has 0 saturated carbocycles. The van der Waals surface area contributed by atoms with Gasteiger partial charge in [-0.2, -0.15) is 0 Å². The SMILES string of the molecule is CCNC(=NCC(=O)NCCOC)N(C)CCc1cccs1. The summed E-state index contributed by atoms with van der Waals surface area (Å²) in [6, 6.07) is 4.19. The van der Waals surface area contributed by atoms with Crippen molar-refractivity contribution in [3.63, 3.8) is 0 Å². The molecule has 1 rings (SSSR count). The third-order valence-corrected chi connectivity index (χ3v) is 3.91. The van der Waals surface area contributed by atoms with Crippen molar-refractivity contribution in [1.29, 1.82) is 0 Å². The summed E-state index contributed by atoms with van der Waals surface area (Å²) in [4.78, 5) is 19.4. The van der Waals surface area contributed by atoms with Crippen molar-refractivity contribution >= 4 is 23.2 Å². The van der Waals surface area contributed by atoms with Crippen LogP contribution in [0.3, 0.4) is 0 Å². The van der Waals surface area contributed by atoms with Crippen molar-refractivity contribution in [2.45, 2.75) is 13.3 Å². The Morgan fingerprint density at radius 2 is 2.27 bits per heavy atom. The summed E-state index contributed by atoms with van der Waals surface area (Å²) in [6.45, 7) is 4.79. The number of rotatable bonds is 9. The number of nitrogens with one attached hydrogen (secondary N) is 2. The Labute approximate surface area is 136 Å². The zero-order chi connectivity index (χ0) is 16.2. The Bertz CT molecular complexity index is 448. The molecule has 0 fully saturated rings. The second kappa shape index (κ2) is 11.0. The molecule has 124 valence electrons. The van der Waals surface area contributed by atoms with E-state index in [0.29, 0.717) is 13.2 Å². The van der Waals surface area contributed by atoms with Crippen LogP contribution in [0.25, 0.3) is 0 Å². The number of nitrogens with zero attached hydrogens (tertiary/aromatic N) is 2. The minimum atomic E-state index is -0.0980. The molecule has 1 aromatic heterocycles. The minimum Gasteiger partial charge on any atom is -0.383 e. The fourth-order valence-corrected chi connectivity index (χ4v) is 2.50. The van der Waals surface area contributed by atoms with Crippen LogP contribution in [0.2, 0.25) is 0 Å². The highest BCUT2D eigenvalue weighted by molar-refractivity contribution is 7.09. The van der Waals surface area contributed by atoms with Gasteiger partial charge in [0.1, 0.15) is 6.54 Å². The van der Waals surface area contributed by atoms with E-state index in [9.17, 15) is 4.79 Å².